The molecule has 22 heavy (non-hydrogen) atoms. The van der Waals surface area contributed by atoms with E-state index in [4.69, 9.17) is 0 Å². The van der Waals surface area contributed by atoms with Crippen molar-refractivity contribution in [2.24, 2.45) is 0 Å². The minimum Gasteiger partial charge on any atom is -0.872 e. The molecule has 0 fully saturated rings. The molecular weight excluding hydrogens is 380 g/mol. The fraction of sp³-hybridized carbons (Fsp3) is 0. The average Bonchev–Trinajstić information content (AvgIpc) is 3.21. The zero-order valence-corrected chi connectivity index (χ0v) is 14.5. The molecule has 0 amide bonds. The third-order valence-electron chi connectivity index (χ3n) is 2.80. The SMILES string of the molecule is [Fe+2].[O-]/C(=C\C=C1C=CC=C1)c1ccc(Br)cc1.c1cc[cH-]c1. The predicted molar refractivity (Wildman–Crippen MR) is 90.5 cm³/mol. The quantitative estimate of drug-likeness (QED) is 0.414. The van der Waals surface area contributed by atoms with Crippen LogP contribution >= 0.6 is 15.9 Å². The monoisotopic (exact) mass is 394 g/mol. The van der Waals surface area contributed by atoms with E-state index in [1.165, 1.54) is 0 Å². The molecule has 0 radical (unpaired) electrons. The van der Waals surface area contributed by atoms with Crippen LogP contribution in [0.15, 0.2) is 101 Å². The maximum Gasteiger partial charge on any atom is 2.00 e. The van der Waals surface area contributed by atoms with Gasteiger partial charge >= 0.3 is 17.1 Å². The van der Waals surface area contributed by atoms with Gasteiger partial charge in [-0.15, -0.1) is 5.76 Å². The molecule has 1 aliphatic carbocycles. The van der Waals surface area contributed by atoms with Crippen molar-refractivity contribution in [1.82, 2.24) is 0 Å². The Balaban J connectivity index is 0.000000344. The Hall–Kier alpha value is -1.67. The molecule has 0 unspecified atom stereocenters. The summed E-state index contributed by atoms with van der Waals surface area (Å²) in [7, 11) is 0. The van der Waals surface area contributed by atoms with Crippen LogP contribution in [-0.2, 0) is 17.1 Å². The Morgan fingerprint density at radius 1 is 1.00 bits per heavy atom. The Kier molecular flexibility index (Phi) is 8.46. The summed E-state index contributed by atoms with van der Waals surface area (Å²) in [6, 6.07) is 17.3. The molecule has 112 valence electrons. The molecule has 1 aliphatic rings. The van der Waals surface area contributed by atoms with Crippen LogP contribution in [0.4, 0.5) is 0 Å². The third kappa shape index (κ3) is 6.40. The van der Waals surface area contributed by atoms with Gasteiger partial charge in [0.2, 0.25) is 0 Å². The second-order valence-corrected chi connectivity index (χ2v) is 5.30. The number of hydrogen-bond donors (Lipinski definition) is 0. The summed E-state index contributed by atoms with van der Waals surface area (Å²) >= 11 is 3.34. The maximum absolute atomic E-state index is 11.7. The van der Waals surface area contributed by atoms with Gasteiger partial charge in [-0.1, -0.05) is 64.5 Å². The molecule has 0 heterocycles. The predicted octanol–water partition coefficient (Wildman–Crippen LogP) is 4.61. The summed E-state index contributed by atoms with van der Waals surface area (Å²) in [4.78, 5) is 0. The molecule has 0 aromatic heterocycles. The smallest absolute Gasteiger partial charge is 0.872 e. The second kappa shape index (κ2) is 10.1. The Morgan fingerprint density at radius 3 is 2.09 bits per heavy atom. The van der Waals surface area contributed by atoms with Crippen molar-refractivity contribution >= 4 is 21.7 Å². The van der Waals surface area contributed by atoms with Gasteiger partial charge in [0.1, 0.15) is 0 Å². The van der Waals surface area contributed by atoms with E-state index in [2.05, 4.69) is 15.9 Å². The zero-order valence-electron chi connectivity index (χ0n) is 11.8. The fourth-order valence-corrected chi connectivity index (χ4v) is 1.97. The van der Waals surface area contributed by atoms with Crippen LogP contribution in [0, 0.1) is 0 Å². The third-order valence-corrected chi connectivity index (χ3v) is 3.33. The van der Waals surface area contributed by atoms with Crippen molar-refractivity contribution in [2.45, 2.75) is 0 Å². The van der Waals surface area contributed by atoms with Crippen molar-refractivity contribution in [3.8, 4) is 0 Å². The van der Waals surface area contributed by atoms with Gasteiger partial charge < -0.3 is 5.11 Å². The Labute approximate surface area is 150 Å². The molecule has 0 aliphatic heterocycles. The van der Waals surface area contributed by atoms with Crippen LogP contribution in [0.3, 0.4) is 0 Å². The molecule has 0 N–H and O–H groups in total. The molecule has 0 saturated heterocycles. The summed E-state index contributed by atoms with van der Waals surface area (Å²) in [5.74, 6) is 0.0219. The largest absolute Gasteiger partial charge is 2.00 e. The summed E-state index contributed by atoms with van der Waals surface area (Å²) in [5.41, 5.74) is 1.75. The van der Waals surface area contributed by atoms with Gasteiger partial charge in [0.05, 0.1) is 0 Å². The molecular formula is C19H15BrFeO. The van der Waals surface area contributed by atoms with Gasteiger partial charge in [0, 0.05) is 4.47 Å². The van der Waals surface area contributed by atoms with E-state index in [0.717, 1.165) is 10.0 Å². The van der Waals surface area contributed by atoms with E-state index in [1.54, 1.807) is 6.08 Å². The summed E-state index contributed by atoms with van der Waals surface area (Å²) in [6.45, 7) is 0. The number of halogens is 1. The molecule has 0 atom stereocenters. The molecule has 0 bridgehead atoms. The van der Waals surface area contributed by atoms with Crippen LogP contribution in [-0.4, -0.2) is 0 Å². The van der Waals surface area contributed by atoms with Gasteiger partial charge in [0.15, 0.2) is 0 Å². The van der Waals surface area contributed by atoms with Gasteiger partial charge in [0.25, 0.3) is 0 Å². The number of benzene rings is 1. The molecule has 2 aromatic rings. The maximum atomic E-state index is 11.7. The first kappa shape index (κ1) is 18.4. The minimum absolute atomic E-state index is 0. The molecule has 0 spiro atoms. The van der Waals surface area contributed by atoms with Gasteiger partial charge in [-0.25, -0.2) is 12.1 Å². The zero-order chi connectivity index (χ0) is 14.9. The van der Waals surface area contributed by atoms with Gasteiger partial charge in [-0.2, -0.15) is 18.2 Å². The standard InChI is InChI=1S/C14H11BrO.C5H5.Fe/c15-13-8-6-12(7-9-13)14(16)10-5-11-3-1-2-4-11;1-2-4-5-3-1;/h1-10,16H;1-5H;/q;-1;+2/p-1/b14-10-;;. The van der Waals surface area contributed by atoms with Crippen LogP contribution in [0.1, 0.15) is 5.56 Å². The van der Waals surface area contributed by atoms with E-state index in [0.29, 0.717) is 5.56 Å². The van der Waals surface area contributed by atoms with E-state index in [1.807, 2.05) is 85.0 Å². The normalized spacial score (nSPS) is 12.4. The second-order valence-electron chi connectivity index (χ2n) is 4.38. The van der Waals surface area contributed by atoms with Crippen LogP contribution in [0.2, 0.25) is 0 Å². The fourth-order valence-electron chi connectivity index (χ4n) is 1.70. The Bertz CT molecular complexity index is 631. The van der Waals surface area contributed by atoms with Crippen molar-refractivity contribution in [3.05, 3.63) is 107 Å². The first-order valence-electron chi connectivity index (χ1n) is 6.62. The van der Waals surface area contributed by atoms with Crippen LogP contribution in [0.5, 0.6) is 0 Å². The van der Waals surface area contributed by atoms with E-state index in [9.17, 15) is 5.11 Å². The van der Waals surface area contributed by atoms with Crippen molar-refractivity contribution in [2.75, 3.05) is 0 Å². The minimum atomic E-state index is 0. The van der Waals surface area contributed by atoms with Gasteiger partial charge in [-0.05, 0) is 23.3 Å². The number of rotatable bonds is 2. The summed E-state index contributed by atoms with van der Waals surface area (Å²) in [6.07, 6.45) is 11.2. The molecule has 2 aromatic carbocycles. The van der Waals surface area contributed by atoms with Crippen molar-refractivity contribution < 1.29 is 22.2 Å². The van der Waals surface area contributed by atoms with Gasteiger partial charge in [-0.3, -0.25) is 0 Å². The number of allylic oxidation sites excluding steroid dienone is 7. The van der Waals surface area contributed by atoms with E-state index < -0.39 is 0 Å². The molecule has 3 rings (SSSR count). The first-order valence-corrected chi connectivity index (χ1v) is 7.41. The number of hydrogen-bond acceptors (Lipinski definition) is 1. The van der Waals surface area contributed by atoms with Crippen LogP contribution in [0.25, 0.3) is 5.76 Å². The Morgan fingerprint density at radius 2 is 1.59 bits per heavy atom. The average molecular weight is 395 g/mol. The first-order chi connectivity index (χ1) is 10.3. The van der Waals surface area contributed by atoms with E-state index in [-0.39, 0.29) is 22.8 Å². The van der Waals surface area contributed by atoms with Crippen molar-refractivity contribution in [3.63, 3.8) is 0 Å². The molecule has 3 heteroatoms. The topological polar surface area (TPSA) is 23.1 Å². The summed E-state index contributed by atoms with van der Waals surface area (Å²) < 4.78 is 0.976. The van der Waals surface area contributed by atoms with Crippen molar-refractivity contribution in [1.29, 1.82) is 0 Å². The molecule has 1 nitrogen and oxygen atoms in total. The summed E-state index contributed by atoms with van der Waals surface area (Å²) in [5, 5.41) is 11.7. The van der Waals surface area contributed by atoms with Crippen LogP contribution < -0.4 is 5.11 Å². The van der Waals surface area contributed by atoms with E-state index >= 15 is 0 Å². The molecule has 0 saturated carbocycles.